The first-order valence-corrected chi connectivity index (χ1v) is 6.13. The number of carbonyl (C=O) groups excluding carboxylic acids is 1. The average molecular weight is 259 g/mol. The summed E-state index contributed by atoms with van der Waals surface area (Å²) in [5.74, 6) is -0.761. The number of nitrogens with zero attached hydrogens (tertiary/aromatic N) is 1. The number of rotatable bonds is 4. The first-order valence-electron chi connectivity index (χ1n) is 4.73. The number of aryl methyl sites for hydroxylation is 1. The molecule has 0 aromatic heterocycles. The Hall–Kier alpha value is -1.60. The zero-order valence-corrected chi connectivity index (χ0v) is 10.3. The largest absolute Gasteiger partial charge is 0.468 e. The maximum absolute atomic E-state index is 11.1. The molecule has 17 heavy (non-hydrogen) atoms. The normalized spacial score (nSPS) is 11.0. The molecule has 1 N–H and O–H groups in total. The van der Waals surface area contributed by atoms with E-state index in [-0.39, 0.29) is 5.69 Å². The lowest BCUT2D eigenvalue weighted by molar-refractivity contribution is -0.138. The van der Waals surface area contributed by atoms with Crippen LogP contribution in [-0.2, 0) is 19.8 Å². The molecule has 0 bridgehead atoms. The van der Waals surface area contributed by atoms with Crippen LogP contribution in [0.2, 0.25) is 0 Å². The van der Waals surface area contributed by atoms with E-state index in [1.807, 2.05) is 6.92 Å². The molecule has 94 valence electrons. The van der Waals surface area contributed by atoms with Gasteiger partial charge in [0.1, 0.15) is 6.54 Å². The second kappa shape index (κ2) is 5.15. The zero-order chi connectivity index (χ0) is 13.1. The molecule has 0 atom stereocenters. The Bertz CT molecular complexity index is 494. The molecule has 0 heterocycles. The molecular formula is C10H13NO5S. The third kappa shape index (κ3) is 3.72. The number of ether oxygens (including phenoxy) is 1. The van der Waals surface area contributed by atoms with Crippen molar-refractivity contribution in [1.82, 2.24) is 0 Å². The summed E-state index contributed by atoms with van der Waals surface area (Å²) in [6.45, 7) is 1.26. The number of carbonyl (C=O) groups is 1. The molecule has 0 amide bonds. The maximum Gasteiger partial charge on any atom is 0.360 e. The van der Waals surface area contributed by atoms with Crippen molar-refractivity contribution in [2.24, 2.45) is 0 Å². The Morgan fingerprint density at radius 2 is 1.88 bits per heavy atom. The van der Waals surface area contributed by atoms with E-state index in [0.717, 1.165) is 12.7 Å². The fourth-order valence-electron chi connectivity index (χ4n) is 1.20. The molecule has 0 saturated heterocycles. The van der Waals surface area contributed by atoms with Gasteiger partial charge in [0.05, 0.1) is 12.8 Å². The topological polar surface area (TPSA) is 83.9 Å². The zero-order valence-electron chi connectivity index (χ0n) is 9.45. The fraction of sp³-hybridized carbons (Fsp3) is 0.300. The second-order valence-electron chi connectivity index (χ2n) is 3.40. The van der Waals surface area contributed by atoms with E-state index in [4.69, 9.17) is 4.55 Å². The van der Waals surface area contributed by atoms with E-state index in [1.165, 1.54) is 12.1 Å². The van der Waals surface area contributed by atoms with E-state index >= 15 is 0 Å². The fourth-order valence-corrected chi connectivity index (χ4v) is 1.86. The third-order valence-electron chi connectivity index (χ3n) is 2.10. The van der Waals surface area contributed by atoms with Crippen molar-refractivity contribution >= 4 is 22.0 Å². The molecule has 0 spiro atoms. The number of esters is 1. The molecule has 6 nitrogen and oxygen atoms in total. The summed E-state index contributed by atoms with van der Waals surface area (Å²) in [5.41, 5.74) is 1.13. The van der Waals surface area contributed by atoms with E-state index in [9.17, 15) is 13.2 Å². The molecule has 1 aromatic carbocycles. The minimum absolute atomic E-state index is 0.198. The molecule has 7 heteroatoms. The molecule has 0 unspecified atom stereocenters. The highest BCUT2D eigenvalue weighted by molar-refractivity contribution is 7.87. The average Bonchev–Trinajstić information content (AvgIpc) is 2.25. The van der Waals surface area contributed by atoms with Gasteiger partial charge < -0.3 is 4.74 Å². The van der Waals surface area contributed by atoms with E-state index in [1.54, 1.807) is 12.1 Å². The van der Waals surface area contributed by atoms with Crippen LogP contribution in [0.3, 0.4) is 0 Å². The summed E-state index contributed by atoms with van der Waals surface area (Å²) >= 11 is 0. The molecule has 0 aliphatic carbocycles. The molecule has 1 rings (SSSR count). The first-order chi connectivity index (χ1) is 7.84. The van der Waals surface area contributed by atoms with Crippen molar-refractivity contribution in [1.29, 1.82) is 0 Å². The summed E-state index contributed by atoms with van der Waals surface area (Å²) in [4.78, 5) is 11.1. The SMILES string of the molecule is COC(=O)CN(c1ccc(C)cc1)S(=O)(=O)O. The third-order valence-corrected chi connectivity index (χ3v) is 3.00. The Morgan fingerprint density at radius 1 is 1.35 bits per heavy atom. The van der Waals surface area contributed by atoms with Gasteiger partial charge in [0.2, 0.25) is 0 Å². The van der Waals surface area contributed by atoms with Gasteiger partial charge in [-0.1, -0.05) is 17.7 Å². The monoisotopic (exact) mass is 259 g/mol. The highest BCUT2D eigenvalue weighted by Gasteiger charge is 2.22. The predicted octanol–water partition coefficient (Wildman–Crippen LogP) is 0.777. The number of methoxy groups -OCH3 is 1. The minimum atomic E-state index is -4.50. The van der Waals surface area contributed by atoms with Gasteiger partial charge in [-0.15, -0.1) is 0 Å². The van der Waals surface area contributed by atoms with Crippen LogP contribution < -0.4 is 4.31 Å². The summed E-state index contributed by atoms with van der Waals surface area (Å²) < 4.78 is 36.3. The minimum Gasteiger partial charge on any atom is -0.468 e. The van der Waals surface area contributed by atoms with Crippen LogP contribution >= 0.6 is 0 Å². The van der Waals surface area contributed by atoms with Crippen molar-refractivity contribution in [3.05, 3.63) is 29.8 Å². The number of anilines is 1. The smallest absolute Gasteiger partial charge is 0.360 e. The van der Waals surface area contributed by atoms with Gasteiger partial charge in [0, 0.05) is 0 Å². The molecule has 0 aliphatic rings. The van der Waals surface area contributed by atoms with Crippen LogP contribution in [0.25, 0.3) is 0 Å². The molecule has 0 aliphatic heterocycles. The van der Waals surface area contributed by atoms with E-state index < -0.39 is 22.8 Å². The quantitative estimate of drug-likeness (QED) is 0.638. The second-order valence-corrected chi connectivity index (χ2v) is 4.73. The lowest BCUT2D eigenvalue weighted by Crippen LogP contribution is -2.35. The van der Waals surface area contributed by atoms with Gasteiger partial charge >= 0.3 is 16.3 Å². The van der Waals surface area contributed by atoms with Crippen molar-refractivity contribution in [2.75, 3.05) is 18.0 Å². The highest BCUT2D eigenvalue weighted by atomic mass is 32.2. The molecule has 0 fully saturated rings. The van der Waals surface area contributed by atoms with Gasteiger partial charge in [0.25, 0.3) is 0 Å². The first kappa shape index (κ1) is 13.5. The summed E-state index contributed by atoms with van der Waals surface area (Å²) in [7, 11) is -3.36. The lowest BCUT2D eigenvalue weighted by Gasteiger charge is -2.19. The standard InChI is InChI=1S/C10H13NO5S/c1-8-3-5-9(6-4-8)11(17(13,14)15)7-10(12)16-2/h3-6H,7H2,1-2H3,(H,13,14,15). The molecule has 1 aromatic rings. The Kier molecular flexibility index (Phi) is 4.08. The van der Waals surface area contributed by atoms with Gasteiger partial charge in [-0.25, -0.2) is 4.31 Å². The summed E-state index contributed by atoms with van der Waals surface area (Å²) in [6.07, 6.45) is 0. The van der Waals surface area contributed by atoms with Crippen molar-refractivity contribution in [3.63, 3.8) is 0 Å². The van der Waals surface area contributed by atoms with Crippen molar-refractivity contribution in [3.8, 4) is 0 Å². The van der Waals surface area contributed by atoms with Crippen LogP contribution in [-0.4, -0.2) is 32.6 Å². The van der Waals surface area contributed by atoms with Crippen LogP contribution in [0, 0.1) is 6.92 Å². The highest BCUT2D eigenvalue weighted by Crippen LogP contribution is 2.17. The van der Waals surface area contributed by atoms with E-state index in [2.05, 4.69) is 4.74 Å². The summed E-state index contributed by atoms with van der Waals surface area (Å²) in [6, 6.07) is 6.33. The number of hydrogen-bond donors (Lipinski definition) is 1. The van der Waals surface area contributed by atoms with Crippen LogP contribution in [0.4, 0.5) is 5.69 Å². The molecular weight excluding hydrogens is 246 g/mol. The Balaban J connectivity index is 3.07. The van der Waals surface area contributed by atoms with Crippen molar-refractivity contribution in [2.45, 2.75) is 6.92 Å². The molecule has 0 saturated carbocycles. The summed E-state index contributed by atoms with van der Waals surface area (Å²) in [5, 5.41) is 0. The van der Waals surface area contributed by atoms with Crippen LogP contribution in [0.1, 0.15) is 5.56 Å². The van der Waals surface area contributed by atoms with Gasteiger partial charge in [-0.3, -0.25) is 9.35 Å². The Morgan fingerprint density at radius 3 is 2.29 bits per heavy atom. The predicted molar refractivity (Wildman–Crippen MR) is 62.1 cm³/mol. The Labute approximate surface area is 99.7 Å². The molecule has 0 radical (unpaired) electrons. The van der Waals surface area contributed by atoms with Gasteiger partial charge in [0.15, 0.2) is 0 Å². The van der Waals surface area contributed by atoms with Gasteiger partial charge in [-0.2, -0.15) is 8.42 Å². The number of benzene rings is 1. The lowest BCUT2D eigenvalue weighted by atomic mass is 10.2. The van der Waals surface area contributed by atoms with Crippen LogP contribution in [0.15, 0.2) is 24.3 Å². The van der Waals surface area contributed by atoms with Gasteiger partial charge in [-0.05, 0) is 19.1 Å². The van der Waals surface area contributed by atoms with Crippen molar-refractivity contribution < 1.29 is 22.5 Å². The van der Waals surface area contributed by atoms with E-state index in [0.29, 0.717) is 4.31 Å². The number of hydrogen-bond acceptors (Lipinski definition) is 4. The van der Waals surface area contributed by atoms with Crippen LogP contribution in [0.5, 0.6) is 0 Å². The maximum atomic E-state index is 11.1.